The van der Waals surface area contributed by atoms with Crippen LogP contribution in [0.5, 0.6) is 0 Å². The van der Waals surface area contributed by atoms with E-state index in [-0.39, 0.29) is 10.7 Å². The summed E-state index contributed by atoms with van der Waals surface area (Å²) in [5.74, 6) is 1.20. The highest BCUT2D eigenvalue weighted by Crippen LogP contribution is 2.11. The van der Waals surface area contributed by atoms with Gasteiger partial charge in [0.05, 0.1) is 11.0 Å². The highest BCUT2D eigenvalue weighted by atomic mass is 32.2. The fourth-order valence-electron chi connectivity index (χ4n) is 1.34. The molecule has 0 radical (unpaired) electrons. The Labute approximate surface area is 108 Å². The molecule has 2 N–H and O–H groups in total. The molecule has 0 spiro atoms. The lowest BCUT2D eigenvalue weighted by Crippen LogP contribution is -2.22. The minimum Gasteiger partial charge on any atom is -0.393 e. The Bertz CT molecular complexity index is 239. The lowest BCUT2D eigenvalue weighted by Gasteiger charge is -2.17. The maximum absolute atomic E-state index is 5.62. The van der Waals surface area contributed by atoms with Crippen molar-refractivity contribution in [1.29, 1.82) is 0 Å². The molecule has 0 saturated heterocycles. The van der Waals surface area contributed by atoms with Crippen molar-refractivity contribution in [1.82, 2.24) is 0 Å². The number of rotatable bonds is 8. The van der Waals surface area contributed by atoms with Gasteiger partial charge in [0.1, 0.15) is 0 Å². The molecule has 0 saturated carbocycles. The number of nitrogens with zero attached hydrogens (tertiary/aromatic N) is 1. The van der Waals surface area contributed by atoms with Crippen LogP contribution in [-0.2, 0) is 10.7 Å². The molecule has 0 aliphatic heterocycles. The van der Waals surface area contributed by atoms with Crippen molar-refractivity contribution in [3.05, 3.63) is 0 Å². The average Bonchev–Trinajstić information content (AvgIpc) is 2.22. The zero-order chi connectivity index (χ0) is 12.6. The zero-order valence-corrected chi connectivity index (χ0v) is 12.7. The third kappa shape index (κ3) is 7.34. The van der Waals surface area contributed by atoms with Crippen LogP contribution in [0.3, 0.4) is 0 Å². The highest BCUT2D eigenvalue weighted by molar-refractivity contribution is 7.88. The summed E-state index contributed by atoms with van der Waals surface area (Å²) in [4.78, 5) is 0.626. The second-order valence-electron chi connectivity index (χ2n) is 4.30. The largest absolute Gasteiger partial charge is 0.393 e. The van der Waals surface area contributed by atoms with E-state index in [9.17, 15) is 0 Å². The standard InChI is InChI=1S/C12H26N2S2/c1-5-7-8-16(14-10(3)6-2)11(4)9-12(13)15/h10-11H,5-9H2,1-4H3,(H2,13,15). The Kier molecular flexibility index (Phi) is 9.13. The van der Waals surface area contributed by atoms with Gasteiger partial charge in [-0.05, 0) is 19.8 Å². The first-order valence-electron chi connectivity index (χ1n) is 6.20. The fraction of sp³-hybridized carbons (Fsp3) is 0.917. The van der Waals surface area contributed by atoms with Crippen molar-refractivity contribution in [2.24, 2.45) is 10.1 Å². The van der Waals surface area contributed by atoms with Crippen LogP contribution in [0.2, 0.25) is 0 Å². The molecule has 96 valence electrons. The van der Waals surface area contributed by atoms with Gasteiger partial charge in [-0.25, -0.2) is 0 Å². The van der Waals surface area contributed by atoms with Gasteiger partial charge in [-0.1, -0.05) is 50.1 Å². The van der Waals surface area contributed by atoms with Crippen molar-refractivity contribution < 1.29 is 0 Å². The van der Waals surface area contributed by atoms with E-state index < -0.39 is 0 Å². The van der Waals surface area contributed by atoms with Crippen LogP contribution in [0.1, 0.15) is 53.4 Å². The summed E-state index contributed by atoms with van der Waals surface area (Å²) in [5.41, 5.74) is 5.62. The van der Waals surface area contributed by atoms with Crippen LogP contribution in [0.25, 0.3) is 0 Å². The molecule has 0 aromatic carbocycles. The van der Waals surface area contributed by atoms with Crippen molar-refractivity contribution in [2.45, 2.75) is 64.7 Å². The predicted octanol–water partition coefficient (Wildman–Crippen LogP) is 3.45. The highest BCUT2D eigenvalue weighted by Gasteiger charge is 2.11. The summed E-state index contributed by atoms with van der Waals surface area (Å²) in [6, 6.07) is 0.467. The summed E-state index contributed by atoms with van der Waals surface area (Å²) >= 11 is 4.99. The molecule has 2 nitrogen and oxygen atoms in total. The van der Waals surface area contributed by atoms with Crippen LogP contribution < -0.4 is 5.73 Å². The summed E-state index contributed by atoms with van der Waals surface area (Å²) in [6.45, 7) is 8.83. The molecule has 0 amide bonds. The maximum Gasteiger partial charge on any atom is 0.0738 e. The van der Waals surface area contributed by atoms with Gasteiger partial charge in [-0.3, -0.25) is 4.36 Å². The Morgan fingerprint density at radius 1 is 1.38 bits per heavy atom. The molecule has 3 atom stereocenters. The molecular formula is C12H26N2S2. The molecule has 0 rings (SSSR count). The molecule has 0 heterocycles. The van der Waals surface area contributed by atoms with Gasteiger partial charge >= 0.3 is 0 Å². The third-order valence-corrected chi connectivity index (χ3v) is 5.17. The Hall–Kier alpha value is 0.0400. The van der Waals surface area contributed by atoms with Gasteiger partial charge in [0.2, 0.25) is 0 Å². The van der Waals surface area contributed by atoms with Crippen molar-refractivity contribution in [2.75, 3.05) is 5.75 Å². The van der Waals surface area contributed by atoms with Crippen LogP contribution >= 0.6 is 12.2 Å². The van der Waals surface area contributed by atoms with Gasteiger partial charge in [0.25, 0.3) is 0 Å². The number of nitrogens with two attached hydrogens (primary N) is 1. The summed E-state index contributed by atoms with van der Waals surface area (Å²) in [5, 5.41) is 0.512. The van der Waals surface area contributed by atoms with Crippen molar-refractivity contribution >= 4 is 27.9 Å². The minimum absolute atomic E-state index is 0.138. The number of hydrogen-bond acceptors (Lipinski definition) is 2. The van der Waals surface area contributed by atoms with E-state index in [2.05, 4.69) is 27.7 Å². The van der Waals surface area contributed by atoms with Gasteiger partial charge in [0, 0.05) is 17.4 Å². The van der Waals surface area contributed by atoms with Crippen LogP contribution in [0, 0.1) is 0 Å². The van der Waals surface area contributed by atoms with Crippen LogP contribution in [0.4, 0.5) is 0 Å². The maximum atomic E-state index is 5.62. The van der Waals surface area contributed by atoms with E-state index in [1.54, 1.807) is 0 Å². The topological polar surface area (TPSA) is 38.4 Å². The first-order chi connectivity index (χ1) is 7.51. The van der Waals surface area contributed by atoms with Crippen molar-refractivity contribution in [3.8, 4) is 0 Å². The minimum atomic E-state index is 0.138. The average molecular weight is 262 g/mol. The molecule has 0 aliphatic carbocycles. The van der Waals surface area contributed by atoms with Gasteiger partial charge in [-0.15, -0.1) is 0 Å². The summed E-state index contributed by atoms with van der Waals surface area (Å²) < 4.78 is 4.90. The molecule has 0 fully saturated rings. The monoisotopic (exact) mass is 262 g/mol. The normalized spacial score (nSPS) is 17.0. The number of unbranched alkanes of at least 4 members (excludes halogenated alkanes) is 1. The lowest BCUT2D eigenvalue weighted by molar-refractivity contribution is 0.723. The SMILES string of the molecule is CCCCS(=NC(C)CC)C(C)CC(N)=S. The Morgan fingerprint density at radius 3 is 2.44 bits per heavy atom. The van der Waals surface area contributed by atoms with Crippen molar-refractivity contribution in [3.63, 3.8) is 0 Å². The number of thiocarbonyl (C=S) groups is 1. The van der Waals surface area contributed by atoms with E-state index >= 15 is 0 Å². The third-order valence-electron chi connectivity index (χ3n) is 2.57. The Morgan fingerprint density at radius 2 is 2.00 bits per heavy atom. The van der Waals surface area contributed by atoms with E-state index in [0.717, 1.165) is 12.8 Å². The fourth-order valence-corrected chi connectivity index (χ4v) is 3.97. The smallest absolute Gasteiger partial charge is 0.0738 e. The molecular weight excluding hydrogens is 236 g/mol. The van der Waals surface area contributed by atoms with Crippen LogP contribution in [-0.4, -0.2) is 22.0 Å². The number of hydrogen-bond donors (Lipinski definition) is 1. The molecule has 3 unspecified atom stereocenters. The summed E-state index contributed by atoms with van der Waals surface area (Å²) in [6.07, 6.45) is 4.45. The van der Waals surface area contributed by atoms with E-state index in [4.69, 9.17) is 22.3 Å². The zero-order valence-electron chi connectivity index (χ0n) is 11.0. The summed E-state index contributed by atoms with van der Waals surface area (Å²) in [7, 11) is 0.138. The van der Waals surface area contributed by atoms with Crippen LogP contribution in [0.15, 0.2) is 4.36 Å². The molecule has 4 heteroatoms. The van der Waals surface area contributed by atoms with E-state index in [1.807, 2.05) is 0 Å². The predicted molar refractivity (Wildman–Crippen MR) is 80.2 cm³/mol. The molecule has 0 aromatic heterocycles. The molecule has 0 aliphatic rings. The lowest BCUT2D eigenvalue weighted by atomic mass is 10.3. The van der Waals surface area contributed by atoms with E-state index in [0.29, 0.717) is 16.3 Å². The Balaban J connectivity index is 4.51. The second-order valence-corrected chi connectivity index (χ2v) is 7.05. The van der Waals surface area contributed by atoms with Gasteiger partial charge in [0.15, 0.2) is 0 Å². The molecule has 0 bridgehead atoms. The van der Waals surface area contributed by atoms with E-state index in [1.165, 1.54) is 18.6 Å². The van der Waals surface area contributed by atoms with Gasteiger partial charge < -0.3 is 5.73 Å². The quantitative estimate of drug-likeness (QED) is 0.680. The molecule has 16 heavy (non-hydrogen) atoms. The first-order valence-corrected chi connectivity index (χ1v) is 8.02. The first kappa shape index (κ1) is 16.0. The second kappa shape index (κ2) is 9.11. The molecule has 0 aromatic rings. The van der Waals surface area contributed by atoms with Gasteiger partial charge in [-0.2, -0.15) is 0 Å².